The van der Waals surface area contributed by atoms with Crippen LogP contribution >= 0.6 is 23.2 Å². The van der Waals surface area contributed by atoms with Crippen LogP contribution in [0.1, 0.15) is 46.0 Å². The molecule has 10 heteroatoms. The van der Waals surface area contributed by atoms with Crippen molar-refractivity contribution in [2.75, 3.05) is 6.61 Å². The summed E-state index contributed by atoms with van der Waals surface area (Å²) in [6.07, 6.45) is 2.60. The fourth-order valence-corrected chi connectivity index (χ4v) is 2.66. The molecule has 2 unspecified atom stereocenters. The van der Waals surface area contributed by atoms with Crippen LogP contribution in [0.4, 0.5) is 0 Å². The zero-order valence-corrected chi connectivity index (χ0v) is 15.4. The van der Waals surface area contributed by atoms with E-state index in [-0.39, 0.29) is 12.5 Å². The summed E-state index contributed by atoms with van der Waals surface area (Å²) in [5.41, 5.74) is 0. The van der Waals surface area contributed by atoms with Gasteiger partial charge in [-0.25, -0.2) is 0 Å². The summed E-state index contributed by atoms with van der Waals surface area (Å²) in [5, 5.41) is -3.56. The molecule has 0 aromatic heterocycles. The standard InChI is InChI=1S/C13H22Cl2O7S/c1-3-5-6-9(4-2)8-21-12(17)10(23(18,19)20)7-11(16)22-13(14)15/h9-10,13H,3-8H2,1-2H3,(H,18,19,20). The lowest BCUT2D eigenvalue weighted by Crippen LogP contribution is -2.35. The van der Waals surface area contributed by atoms with Gasteiger partial charge in [0.15, 0.2) is 5.25 Å². The molecular formula is C13H22Cl2O7S. The van der Waals surface area contributed by atoms with Crippen molar-refractivity contribution in [1.82, 2.24) is 0 Å². The van der Waals surface area contributed by atoms with Gasteiger partial charge in [0.2, 0.25) is 0 Å². The average Bonchev–Trinajstić information content (AvgIpc) is 2.42. The van der Waals surface area contributed by atoms with E-state index >= 15 is 0 Å². The number of carbonyl (C=O) groups is 2. The van der Waals surface area contributed by atoms with Crippen LogP contribution in [0.5, 0.6) is 0 Å². The van der Waals surface area contributed by atoms with Crippen molar-refractivity contribution in [2.24, 2.45) is 5.92 Å². The Balaban J connectivity index is 4.73. The molecule has 0 rings (SSSR count). The summed E-state index contributed by atoms with van der Waals surface area (Å²) in [5.74, 6) is -2.26. The fraction of sp³-hybridized carbons (Fsp3) is 0.846. The van der Waals surface area contributed by atoms with Crippen molar-refractivity contribution in [3.8, 4) is 0 Å². The fourth-order valence-electron chi connectivity index (χ4n) is 1.80. The van der Waals surface area contributed by atoms with Crippen LogP contribution in [-0.4, -0.2) is 41.8 Å². The molecule has 0 aliphatic rings. The van der Waals surface area contributed by atoms with E-state index < -0.39 is 38.7 Å². The van der Waals surface area contributed by atoms with E-state index in [1.807, 2.05) is 13.8 Å². The Morgan fingerprint density at radius 1 is 1.22 bits per heavy atom. The largest absolute Gasteiger partial charge is 0.464 e. The van der Waals surface area contributed by atoms with Gasteiger partial charge < -0.3 is 9.47 Å². The van der Waals surface area contributed by atoms with Gasteiger partial charge in [-0.15, -0.1) is 0 Å². The minimum atomic E-state index is -4.83. The van der Waals surface area contributed by atoms with Gasteiger partial charge >= 0.3 is 11.9 Å². The molecule has 0 aromatic rings. The highest BCUT2D eigenvalue weighted by atomic mass is 35.5. The topological polar surface area (TPSA) is 107 Å². The van der Waals surface area contributed by atoms with Crippen molar-refractivity contribution in [1.29, 1.82) is 0 Å². The van der Waals surface area contributed by atoms with Crippen LogP contribution in [0.2, 0.25) is 0 Å². The van der Waals surface area contributed by atoms with Crippen molar-refractivity contribution in [2.45, 2.75) is 56.2 Å². The Hall–Kier alpha value is -0.570. The molecule has 0 saturated heterocycles. The monoisotopic (exact) mass is 392 g/mol. The molecular weight excluding hydrogens is 371 g/mol. The van der Waals surface area contributed by atoms with Crippen molar-refractivity contribution < 1.29 is 32.0 Å². The number of halogens is 2. The second-order valence-electron chi connectivity index (χ2n) is 5.00. The number of alkyl halides is 2. The number of rotatable bonds is 11. The Labute approximate surface area is 146 Å². The first-order valence-corrected chi connectivity index (χ1v) is 9.59. The zero-order valence-electron chi connectivity index (χ0n) is 13.0. The normalized spacial score (nSPS) is 14.3. The van der Waals surface area contributed by atoms with Gasteiger partial charge in [-0.3, -0.25) is 14.1 Å². The molecule has 0 aliphatic carbocycles. The van der Waals surface area contributed by atoms with E-state index in [2.05, 4.69) is 4.74 Å². The van der Waals surface area contributed by atoms with Gasteiger partial charge in [0.25, 0.3) is 15.1 Å². The molecule has 0 saturated carbocycles. The number of unbranched alkanes of at least 4 members (excludes halogenated alkanes) is 1. The highest BCUT2D eigenvalue weighted by molar-refractivity contribution is 7.87. The first-order chi connectivity index (χ1) is 10.6. The first kappa shape index (κ1) is 22.4. The molecule has 0 spiro atoms. The van der Waals surface area contributed by atoms with E-state index in [0.717, 1.165) is 25.7 Å². The summed E-state index contributed by atoms with van der Waals surface area (Å²) < 4.78 is 40.9. The number of ether oxygens (including phenoxy) is 2. The molecule has 0 heterocycles. The number of hydrogen-bond acceptors (Lipinski definition) is 6. The lowest BCUT2D eigenvalue weighted by Gasteiger charge is -2.17. The van der Waals surface area contributed by atoms with Crippen molar-refractivity contribution in [3.05, 3.63) is 0 Å². The smallest absolute Gasteiger partial charge is 0.327 e. The maximum absolute atomic E-state index is 11.9. The van der Waals surface area contributed by atoms with Gasteiger partial charge in [0.05, 0.1) is 13.0 Å². The van der Waals surface area contributed by atoms with Crippen LogP contribution in [0, 0.1) is 5.92 Å². The molecule has 0 bridgehead atoms. The number of carbonyl (C=O) groups excluding carboxylic acids is 2. The lowest BCUT2D eigenvalue weighted by molar-refractivity contribution is -0.150. The molecule has 0 radical (unpaired) electrons. The van der Waals surface area contributed by atoms with E-state index in [4.69, 9.17) is 32.5 Å². The van der Waals surface area contributed by atoms with Crippen LogP contribution in [0.15, 0.2) is 0 Å². The lowest BCUT2D eigenvalue weighted by atomic mass is 10.0. The van der Waals surface area contributed by atoms with E-state index in [1.54, 1.807) is 0 Å². The Kier molecular flexibility index (Phi) is 10.8. The summed E-state index contributed by atoms with van der Waals surface area (Å²) in [4.78, 5) is 23.2. The van der Waals surface area contributed by atoms with Gasteiger partial charge in [-0.1, -0.05) is 56.3 Å². The van der Waals surface area contributed by atoms with E-state index in [0.29, 0.717) is 0 Å². The number of hydrogen-bond donors (Lipinski definition) is 1. The van der Waals surface area contributed by atoms with Crippen molar-refractivity contribution >= 4 is 45.3 Å². The average molecular weight is 393 g/mol. The van der Waals surface area contributed by atoms with E-state index in [1.165, 1.54) is 0 Å². The second-order valence-corrected chi connectivity index (χ2v) is 7.62. The summed E-state index contributed by atoms with van der Waals surface area (Å²) in [7, 11) is -4.83. The molecule has 2 atom stereocenters. The van der Waals surface area contributed by atoms with Gasteiger partial charge in [0.1, 0.15) is 0 Å². The third-order valence-electron chi connectivity index (χ3n) is 3.20. The maximum Gasteiger partial charge on any atom is 0.327 e. The third-order valence-corrected chi connectivity index (χ3v) is 4.46. The predicted octanol–water partition coefficient (Wildman–Crippen LogP) is 2.70. The summed E-state index contributed by atoms with van der Waals surface area (Å²) in [6.45, 7) is 3.97. The molecule has 0 aliphatic heterocycles. The highest BCUT2D eigenvalue weighted by Crippen LogP contribution is 2.16. The first-order valence-electron chi connectivity index (χ1n) is 7.22. The highest BCUT2D eigenvalue weighted by Gasteiger charge is 2.36. The molecule has 23 heavy (non-hydrogen) atoms. The Morgan fingerprint density at radius 3 is 2.26 bits per heavy atom. The van der Waals surface area contributed by atoms with Crippen LogP contribution in [0.3, 0.4) is 0 Å². The molecule has 0 aromatic carbocycles. The Morgan fingerprint density at radius 2 is 1.83 bits per heavy atom. The third kappa shape index (κ3) is 10.0. The summed E-state index contributed by atoms with van der Waals surface area (Å²) >= 11 is 10.4. The zero-order chi connectivity index (χ0) is 18.0. The summed E-state index contributed by atoms with van der Waals surface area (Å²) in [6, 6.07) is 0. The molecule has 7 nitrogen and oxygen atoms in total. The van der Waals surface area contributed by atoms with Crippen LogP contribution in [-0.2, 0) is 29.2 Å². The molecule has 0 amide bonds. The number of esters is 2. The van der Waals surface area contributed by atoms with E-state index in [9.17, 15) is 18.0 Å². The van der Waals surface area contributed by atoms with Gasteiger partial charge in [-0.05, 0) is 12.3 Å². The minimum Gasteiger partial charge on any atom is -0.464 e. The predicted molar refractivity (Wildman–Crippen MR) is 85.8 cm³/mol. The quantitative estimate of drug-likeness (QED) is 0.327. The molecule has 1 N–H and O–H groups in total. The van der Waals surface area contributed by atoms with Gasteiger partial charge in [0, 0.05) is 0 Å². The minimum absolute atomic E-state index is 0.0179. The van der Waals surface area contributed by atoms with Crippen LogP contribution in [0.25, 0.3) is 0 Å². The van der Waals surface area contributed by atoms with Gasteiger partial charge in [-0.2, -0.15) is 8.42 Å². The molecule has 136 valence electrons. The maximum atomic E-state index is 11.9. The van der Waals surface area contributed by atoms with Crippen molar-refractivity contribution in [3.63, 3.8) is 0 Å². The second kappa shape index (κ2) is 11.1. The Bertz CT molecular complexity index is 479. The van der Waals surface area contributed by atoms with Crippen LogP contribution < -0.4 is 0 Å². The molecule has 0 fully saturated rings. The SMILES string of the molecule is CCCCC(CC)COC(=O)C(CC(=O)OC(Cl)Cl)S(=O)(=O)O.